The number of halogens is 2. The summed E-state index contributed by atoms with van der Waals surface area (Å²) in [6.07, 6.45) is 0. The number of benzene rings is 1. The Balaban J connectivity index is 0.00000243. The summed E-state index contributed by atoms with van der Waals surface area (Å²) in [5.41, 5.74) is 2.24. The number of hydrogen-bond donors (Lipinski definition) is 1. The van der Waals surface area contributed by atoms with Gasteiger partial charge in [-0.25, -0.2) is 0 Å². The van der Waals surface area contributed by atoms with Gasteiger partial charge in [-0.2, -0.15) is 0 Å². The summed E-state index contributed by atoms with van der Waals surface area (Å²) >= 11 is 3.46. The summed E-state index contributed by atoms with van der Waals surface area (Å²) in [5.74, 6) is 1.83. The normalized spacial score (nSPS) is 15.7. The quantitative estimate of drug-likeness (QED) is 0.371. The molecule has 1 aromatic carbocycles. The number of nitrogens with one attached hydrogen (secondary N) is 1. The minimum Gasteiger partial charge on any atom is -0.361 e. The third kappa shape index (κ3) is 5.95. The maximum Gasteiger partial charge on any atom is 0.194 e. The van der Waals surface area contributed by atoms with E-state index in [0.29, 0.717) is 0 Å². The van der Waals surface area contributed by atoms with E-state index in [1.165, 1.54) is 5.56 Å². The molecule has 0 saturated carbocycles. The van der Waals surface area contributed by atoms with Crippen LogP contribution in [0, 0.1) is 6.92 Å². The average molecular weight is 534 g/mol. The second-order valence-corrected chi connectivity index (χ2v) is 7.14. The summed E-state index contributed by atoms with van der Waals surface area (Å²) in [5, 5.41) is 7.54. The van der Waals surface area contributed by atoms with Gasteiger partial charge < -0.3 is 14.7 Å². The van der Waals surface area contributed by atoms with Gasteiger partial charge in [0, 0.05) is 56.9 Å². The molecule has 0 spiro atoms. The SMILES string of the molecule is CN=C(NCc1ccc(Br)cc1)N1CCN(Cc2cc(C)on2)CC1.I. The van der Waals surface area contributed by atoms with E-state index in [1.54, 1.807) is 0 Å². The number of aryl methyl sites for hydroxylation is 1. The zero-order chi connectivity index (χ0) is 17.6. The van der Waals surface area contributed by atoms with Gasteiger partial charge in [0.05, 0.1) is 5.69 Å². The number of hydrogen-bond acceptors (Lipinski definition) is 4. The molecule has 0 bridgehead atoms. The largest absolute Gasteiger partial charge is 0.361 e. The van der Waals surface area contributed by atoms with Crippen molar-refractivity contribution in [3.8, 4) is 0 Å². The third-order valence-electron chi connectivity index (χ3n) is 4.31. The molecule has 0 amide bonds. The van der Waals surface area contributed by atoms with Crippen molar-refractivity contribution in [3.63, 3.8) is 0 Å². The van der Waals surface area contributed by atoms with Crippen molar-refractivity contribution >= 4 is 45.9 Å². The van der Waals surface area contributed by atoms with E-state index in [-0.39, 0.29) is 24.0 Å². The molecule has 0 unspecified atom stereocenters. The number of nitrogens with zero attached hydrogens (tertiary/aromatic N) is 4. The highest BCUT2D eigenvalue weighted by Gasteiger charge is 2.20. The molecule has 3 rings (SSSR count). The lowest BCUT2D eigenvalue weighted by atomic mass is 10.2. The molecule has 0 radical (unpaired) electrons. The number of guanidine groups is 1. The van der Waals surface area contributed by atoms with Crippen LogP contribution in [0.25, 0.3) is 0 Å². The molecule has 2 aromatic rings. The van der Waals surface area contributed by atoms with Gasteiger partial charge in [-0.3, -0.25) is 9.89 Å². The summed E-state index contributed by atoms with van der Waals surface area (Å²) < 4.78 is 6.24. The van der Waals surface area contributed by atoms with Crippen LogP contribution in [-0.4, -0.2) is 54.1 Å². The van der Waals surface area contributed by atoms with Crippen molar-refractivity contribution in [1.29, 1.82) is 0 Å². The fraction of sp³-hybridized carbons (Fsp3) is 0.444. The molecular formula is C18H25BrIN5O. The second-order valence-electron chi connectivity index (χ2n) is 6.22. The topological polar surface area (TPSA) is 56.9 Å². The van der Waals surface area contributed by atoms with Gasteiger partial charge in [-0.1, -0.05) is 33.2 Å². The van der Waals surface area contributed by atoms with E-state index in [0.717, 1.165) is 61.2 Å². The van der Waals surface area contributed by atoms with E-state index >= 15 is 0 Å². The van der Waals surface area contributed by atoms with Gasteiger partial charge >= 0.3 is 0 Å². The number of rotatable bonds is 4. The van der Waals surface area contributed by atoms with Crippen molar-refractivity contribution in [3.05, 3.63) is 51.8 Å². The standard InChI is InChI=1S/C18H24BrN5O.HI/c1-14-11-17(22-25-14)13-23-7-9-24(10-8-23)18(20-2)21-12-15-3-5-16(19)6-4-15;/h3-6,11H,7-10,12-13H2,1-2H3,(H,20,21);1H. The van der Waals surface area contributed by atoms with Crippen LogP contribution in [0.3, 0.4) is 0 Å². The fourth-order valence-electron chi connectivity index (χ4n) is 2.96. The van der Waals surface area contributed by atoms with E-state index in [1.807, 2.05) is 20.0 Å². The lowest BCUT2D eigenvalue weighted by Crippen LogP contribution is -2.52. The Bertz CT molecular complexity index is 711. The van der Waals surface area contributed by atoms with Crippen molar-refractivity contribution in [2.45, 2.75) is 20.0 Å². The molecule has 1 aromatic heterocycles. The molecule has 0 atom stereocenters. The van der Waals surface area contributed by atoms with Crippen LogP contribution in [0.2, 0.25) is 0 Å². The molecule has 142 valence electrons. The summed E-state index contributed by atoms with van der Waals surface area (Å²) in [6.45, 7) is 7.44. The first-order chi connectivity index (χ1) is 12.1. The van der Waals surface area contributed by atoms with Crippen molar-refractivity contribution in [2.75, 3.05) is 33.2 Å². The zero-order valence-corrected chi connectivity index (χ0v) is 19.0. The Kier molecular flexibility index (Phi) is 8.36. The lowest BCUT2D eigenvalue weighted by Gasteiger charge is -2.36. The molecule has 6 nitrogen and oxygen atoms in total. The lowest BCUT2D eigenvalue weighted by molar-refractivity contribution is 0.169. The van der Waals surface area contributed by atoms with Gasteiger partial charge in [0.2, 0.25) is 0 Å². The van der Waals surface area contributed by atoms with Crippen LogP contribution >= 0.6 is 39.9 Å². The van der Waals surface area contributed by atoms with Crippen molar-refractivity contribution in [1.82, 2.24) is 20.3 Å². The molecule has 0 aliphatic carbocycles. The van der Waals surface area contributed by atoms with E-state index in [2.05, 4.69) is 65.5 Å². The van der Waals surface area contributed by atoms with Crippen LogP contribution in [0.4, 0.5) is 0 Å². The molecule has 1 fully saturated rings. The molecule has 1 aliphatic rings. The van der Waals surface area contributed by atoms with Crippen LogP contribution in [-0.2, 0) is 13.1 Å². The number of aromatic nitrogens is 1. The molecule has 1 N–H and O–H groups in total. The van der Waals surface area contributed by atoms with Crippen molar-refractivity contribution < 1.29 is 4.52 Å². The Morgan fingerprint density at radius 2 is 1.92 bits per heavy atom. The Hall–Kier alpha value is -1.13. The molecule has 26 heavy (non-hydrogen) atoms. The highest BCUT2D eigenvalue weighted by atomic mass is 127. The Morgan fingerprint density at radius 1 is 1.23 bits per heavy atom. The molecule has 1 aliphatic heterocycles. The van der Waals surface area contributed by atoms with Gasteiger partial charge in [-0.15, -0.1) is 24.0 Å². The minimum absolute atomic E-state index is 0. The predicted molar refractivity (Wildman–Crippen MR) is 118 cm³/mol. The number of piperazine rings is 1. The van der Waals surface area contributed by atoms with Crippen LogP contribution < -0.4 is 5.32 Å². The first-order valence-corrected chi connectivity index (χ1v) is 9.28. The summed E-state index contributed by atoms with van der Waals surface area (Å²) in [4.78, 5) is 9.14. The van der Waals surface area contributed by atoms with Crippen LogP contribution in [0.5, 0.6) is 0 Å². The molecule has 8 heteroatoms. The van der Waals surface area contributed by atoms with E-state index in [9.17, 15) is 0 Å². The van der Waals surface area contributed by atoms with E-state index in [4.69, 9.17) is 4.52 Å². The zero-order valence-electron chi connectivity index (χ0n) is 15.1. The van der Waals surface area contributed by atoms with Crippen LogP contribution in [0.15, 0.2) is 44.3 Å². The first kappa shape index (κ1) is 21.2. The average Bonchev–Trinajstić information content (AvgIpc) is 3.03. The molecular weight excluding hydrogens is 509 g/mol. The maximum absolute atomic E-state index is 5.14. The van der Waals surface area contributed by atoms with Gasteiger partial charge in [0.15, 0.2) is 5.96 Å². The highest BCUT2D eigenvalue weighted by molar-refractivity contribution is 14.0. The smallest absolute Gasteiger partial charge is 0.194 e. The molecule has 2 heterocycles. The fourth-order valence-corrected chi connectivity index (χ4v) is 3.22. The number of aliphatic imine (C=N–C) groups is 1. The first-order valence-electron chi connectivity index (χ1n) is 8.48. The summed E-state index contributed by atoms with van der Waals surface area (Å²) in [6, 6.07) is 10.4. The van der Waals surface area contributed by atoms with Crippen molar-refractivity contribution in [2.24, 2.45) is 4.99 Å². The maximum atomic E-state index is 5.14. The van der Waals surface area contributed by atoms with E-state index < -0.39 is 0 Å². The van der Waals surface area contributed by atoms with Gasteiger partial charge in [0.25, 0.3) is 0 Å². The monoisotopic (exact) mass is 533 g/mol. The molecule has 1 saturated heterocycles. The van der Waals surface area contributed by atoms with Gasteiger partial charge in [-0.05, 0) is 24.6 Å². The Labute approximate surface area is 180 Å². The predicted octanol–water partition coefficient (Wildman–Crippen LogP) is 3.26. The highest BCUT2D eigenvalue weighted by Crippen LogP contribution is 2.11. The Morgan fingerprint density at radius 3 is 2.50 bits per heavy atom. The second kappa shape index (κ2) is 10.3. The minimum atomic E-state index is 0. The van der Waals surface area contributed by atoms with Gasteiger partial charge in [0.1, 0.15) is 5.76 Å². The van der Waals surface area contributed by atoms with Crippen LogP contribution in [0.1, 0.15) is 17.0 Å². The third-order valence-corrected chi connectivity index (χ3v) is 4.84. The summed E-state index contributed by atoms with van der Waals surface area (Å²) in [7, 11) is 1.84.